The summed E-state index contributed by atoms with van der Waals surface area (Å²) in [5.41, 5.74) is 1.63. The number of carbonyl (C=O) groups is 1. The Morgan fingerprint density at radius 2 is 1.54 bits per heavy atom. The van der Waals surface area contributed by atoms with E-state index in [-0.39, 0.29) is 16.5 Å². The number of carboxylic acid groups (broad SMARTS) is 1. The van der Waals surface area contributed by atoms with E-state index in [0.717, 1.165) is 11.6 Å². The van der Waals surface area contributed by atoms with Crippen LogP contribution in [0.4, 0.5) is 11.4 Å². The Balaban J connectivity index is 1.90. The smallest absolute Gasteiger partial charge is 0.337 e. The molecular formula is C21H20N2O4S. The number of rotatable bonds is 7. The van der Waals surface area contributed by atoms with E-state index < -0.39 is 16.0 Å². The third-order valence-electron chi connectivity index (χ3n) is 4.23. The minimum atomic E-state index is -3.91. The minimum absolute atomic E-state index is 0.112. The highest BCUT2D eigenvalue weighted by molar-refractivity contribution is 7.92. The lowest BCUT2D eigenvalue weighted by Gasteiger charge is -2.18. The van der Waals surface area contributed by atoms with Gasteiger partial charge in [0.1, 0.15) is 0 Å². The van der Waals surface area contributed by atoms with Gasteiger partial charge >= 0.3 is 5.97 Å². The van der Waals surface area contributed by atoms with E-state index in [1.54, 1.807) is 30.3 Å². The van der Waals surface area contributed by atoms with Crippen molar-refractivity contribution < 1.29 is 18.3 Å². The molecule has 3 rings (SSSR count). The lowest BCUT2D eigenvalue weighted by Crippen LogP contribution is -2.15. The molecule has 0 saturated heterocycles. The van der Waals surface area contributed by atoms with Crippen LogP contribution in [0, 0.1) is 0 Å². The van der Waals surface area contributed by atoms with E-state index in [9.17, 15) is 18.3 Å². The van der Waals surface area contributed by atoms with Gasteiger partial charge in [0.25, 0.3) is 10.0 Å². The van der Waals surface area contributed by atoms with E-state index in [1.165, 1.54) is 12.1 Å². The number of carboxylic acids is 1. The van der Waals surface area contributed by atoms with Gasteiger partial charge in [-0.3, -0.25) is 4.72 Å². The third kappa shape index (κ3) is 4.50. The molecule has 0 spiro atoms. The van der Waals surface area contributed by atoms with Crippen LogP contribution >= 0.6 is 0 Å². The molecule has 7 heteroatoms. The van der Waals surface area contributed by atoms with Crippen molar-refractivity contribution in [2.24, 2.45) is 0 Å². The van der Waals surface area contributed by atoms with Crippen molar-refractivity contribution in [1.82, 2.24) is 0 Å². The minimum Gasteiger partial charge on any atom is -0.478 e. The summed E-state index contributed by atoms with van der Waals surface area (Å²) in [5, 5.41) is 12.7. The lowest BCUT2D eigenvalue weighted by atomic mass is 10.1. The first-order valence-corrected chi connectivity index (χ1v) is 10.1. The quantitative estimate of drug-likeness (QED) is 0.551. The maximum atomic E-state index is 12.6. The van der Waals surface area contributed by atoms with Gasteiger partial charge in [0.2, 0.25) is 0 Å². The van der Waals surface area contributed by atoms with Gasteiger partial charge in [0, 0.05) is 17.4 Å². The number of hydrogen-bond acceptors (Lipinski definition) is 4. The van der Waals surface area contributed by atoms with Crippen LogP contribution in [0.2, 0.25) is 0 Å². The molecule has 0 aromatic heterocycles. The summed E-state index contributed by atoms with van der Waals surface area (Å²) in [5.74, 6) is -1.21. The van der Waals surface area contributed by atoms with Crippen LogP contribution in [-0.2, 0) is 10.0 Å². The molecule has 0 heterocycles. The summed E-state index contributed by atoms with van der Waals surface area (Å²) < 4.78 is 27.7. The Morgan fingerprint density at radius 1 is 0.929 bits per heavy atom. The van der Waals surface area contributed by atoms with Gasteiger partial charge in [-0.2, -0.15) is 0 Å². The Labute approximate surface area is 163 Å². The van der Waals surface area contributed by atoms with E-state index in [0.29, 0.717) is 11.4 Å². The van der Waals surface area contributed by atoms with Gasteiger partial charge in [0.05, 0.1) is 10.5 Å². The number of benzene rings is 3. The summed E-state index contributed by atoms with van der Waals surface area (Å²) >= 11 is 0. The summed E-state index contributed by atoms with van der Waals surface area (Å²) in [4.78, 5) is 11.6. The van der Waals surface area contributed by atoms with Gasteiger partial charge in [0.15, 0.2) is 0 Å². The average Bonchev–Trinajstić information content (AvgIpc) is 2.69. The molecule has 0 aliphatic carbocycles. The van der Waals surface area contributed by atoms with E-state index >= 15 is 0 Å². The van der Waals surface area contributed by atoms with Gasteiger partial charge in [-0.05, 0) is 42.8 Å². The van der Waals surface area contributed by atoms with Gasteiger partial charge < -0.3 is 10.4 Å². The summed E-state index contributed by atoms with van der Waals surface area (Å²) in [6, 6.07) is 21.9. The molecule has 3 aromatic carbocycles. The molecule has 6 nitrogen and oxygen atoms in total. The van der Waals surface area contributed by atoms with Crippen molar-refractivity contribution in [3.63, 3.8) is 0 Å². The van der Waals surface area contributed by atoms with Crippen molar-refractivity contribution in [3.05, 3.63) is 90.0 Å². The molecule has 3 aromatic rings. The predicted octanol–water partition coefficient (Wildman–Crippen LogP) is 4.36. The Kier molecular flexibility index (Phi) is 5.65. The van der Waals surface area contributed by atoms with E-state index in [4.69, 9.17) is 0 Å². The molecule has 0 bridgehead atoms. The molecule has 144 valence electrons. The number of aromatic carboxylic acids is 1. The molecule has 0 aliphatic rings. The van der Waals surface area contributed by atoms with Gasteiger partial charge in [-0.25, -0.2) is 13.2 Å². The first-order valence-electron chi connectivity index (χ1n) is 8.63. The van der Waals surface area contributed by atoms with Crippen LogP contribution in [0.5, 0.6) is 0 Å². The molecule has 0 amide bonds. The maximum absolute atomic E-state index is 12.6. The first-order chi connectivity index (χ1) is 13.4. The second kappa shape index (κ2) is 8.14. The van der Waals surface area contributed by atoms with Crippen LogP contribution in [0.1, 0.15) is 28.9 Å². The number of nitrogens with one attached hydrogen (secondary N) is 2. The monoisotopic (exact) mass is 396 g/mol. The molecular weight excluding hydrogens is 376 g/mol. The van der Waals surface area contributed by atoms with Gasteiger partial charge in [-0.1, -0.05) is 48.5 Å². The van der Waals surface area contributed by atoms with Crippen molar-refractivity contribution >= 4 is 27.4 Å². The molecule has 1 atom stereocenters. The second-order valence-electron chi connectivity index (χ2n) is 6.26. The lowest BCUT2D eigenvalue weighted by molar-refractivity contribution is 0.0697. The normalized spacial score (nSPS) is 12.2. The van der Waals surface area contributed by atoms with E-state index in [2.05, 4.69) is 10.0 Å². The molecule has 0 saturated carbocycles. The first kappa shape index (κ1) is 19.4. The molecule has 3 N–H and O–H groups in total. The summed E-state index contributed by atoms with van der Waals surface area (Å²) in [6.07, 6.45) is 0. The van der Waals surface area contributed by atoms with Gasteiger partial charge in [-0.15, -0.1) is 0 Å². The SMILES string of the molecule is C[C@H](Nc1ccc(S(=O)(=O)Nc2ccccc2)cc1C(=O)O)c1ccccc1. The zero-order valence-electron chi connectivity index (χ0n) is 15.2. The summed E-state index contributed by atoms with van der Waals surface area (Å²) in [7, 11) is -3.91. The van der Waals surface area contributed by atoms with Crippen molar-refractivity contribution in [2.45, 2.75) is 17.9 Å². The van der Waals surface area contributed by atoms with Crippen molar-refractivity contribution in [2.75, 3.05) is 10.0 Å². The number of sulfonamides is 1. The fraction of sp³-hybridized carbons (Fsp3) is 0.0952. The molecule has 28 heavy (non-hydrogen) atoms. The zero-order chi connectivity index (χ0) is 20.1. The van der Waals surface area contributed by atoms with Crippen molar-refractivity contribution in [3.8, 4) is 0 Å². The zero-order valence-corrected chi connectivity index (χ0v) is 16.0. The molecule has 0 unspecified atom stereocenters. The molecule has 0 aliphatic heterocycles. The third-order valence-corrected chi connectivity index (χ3v) is 5.61. The topological polar surface area (TPSA) is 95.5 Å². The fourth-order valence-corrected chi connectivity index (χ4v) is 3.86. The number of para-hydroxylation sites is 1. The fourth-order valence-electron chi connectivity index (χ4n) is 2.77. The average molecular weight is 396 g/mol. The highest BCUT2D eigenvalue weighted by Crippen LogP contribution is 2.26. The molecule has 0 radical (unpaired) electrons. The largest absolute Gasteiger partial charge is 0.478 e. The van der Waals surface area contributed by atoms with Crippen LogP contribution in [-0.4, -0.2) is 19.5 Å². The van der Waals surface area contributed by atoms with Crippen LogP contribution in [0.3, 0.4) is 0 Å². The standard InChI is InChI=1S/C21H20N2O4S/c1-15(16-8-4-2-5-9-16)22-20-13-12-18(14-19(20)21(24)25)28(26,27)23-17-10-6-3-7-11-17/h2-15,22-23H,1H3,(H,24,25)/t15-/m0/s1. The highest BCUT2D eigenvalue weighted by Gasteiger charge is 2.20. The van der Waals surface area contributed by atoms with Crippen LogP contribution < -0.4 is 10.0 Å². The van der Waals surface area contributed by atoms with Crippen molar-refractivity contribution in [1.29, 1.82) is 0 Å². The number of hydrogen-bond donors (Lipinski definition) is 3. The number of anilines is 2. The maximum Gasteiger partial charge on any atom is 0.337 e. The van der Waals surface area contributed by atoms with E-state index in [1.807, 2.05) is 37.3 Å². The predicted molar refractivity (Wildman–Crippen MR) is 109 cm³/mol. The van der Waals surface area contributed by atoms with Crippen LogP contribution in [0.15, 0.2) is 83.8 Å². The highest BCUT2D eigenvalue weighted by atomic mass is 32.2. The molecule has 0 fully saturated rings. The Hall–Kier alpha value is -3.32. The Morgan fingerprint density at radius 3 is 2.14 bits per heavy atom. The second-order valence-corrected chi connectivity index (χ2v) is 7.94. The Bertz CT molecular complexity index is 1070. The summed E-state index contributed by atoms with van der Waals surface area (Å²) in [6.45, 7) is 1.91. The van der Waals surface area contributed by atoms with Crippen LogP contribution in [0.25, 0.3) is 0 Å².